The number of ether oxygens (including phenoxy) is 1. The van der Waals surface area contributed by atoms with E-state index in [0.29, 0.717) is 25.8 Å². The van der Waals surface area contributed by atoms with Crippen molar-refractivity contribution in [3.8, 4) is 0 Å². The third kappa shape index (κ3) is 5.32. The maximum atomic E-state index is 9.88. The van der Waals surface area contributed by atoms with Crippen molar-refractivity contribution >= 4 is 11.3 Å². The monoisotopic (exact) mass is 296 g/mol. The summed E-state index contributed by atoms with van der Waals surface area (Å²) in [5, 5.41) is 13.3. The summed E-state index contributed by atoms with van der Waals surface area (Å²) in [6.07, 6.45) is 8.25. The Morgan fingerprint density at radius 3 is 3.15 bits per heavy atom. The molecule has 0 radical (unpaired) electrons. The SMILES string of the molecule is Cc1ncsc1CCOCC(O)CNC1CC=CCC1. The van der Waals surface area contributed by atoms with Crippen molar-refractivity contribution in [1.82, 2.24) is 10.3 Å². The summed E-state index contributed by atoms with van der Waals surface area (Å²) >= 11 is 1.67. The first-order valence-corrected chi connectivity index (χ1v) is 8.17. The molecule has 1 aliphatic rings. The number of nitrogens with zero attached hydrogens (tertiary/aromatic N) is 1. The minimum Gasteiger partial charge on any atom is -0.389 e. The molecule has 1 aromatic heterocycles. The van der Waals surface area contributed by atoms with Crippen LogP contribution in [0, 0.1) is 6.92 Å². The van der Waals surface area contributed by atoms with Crippen LogP contribution in [0.25, 0.3) is 0 Å². The first-order chi connectivity index (χ1) is 9.75. The van der Waals surface area contributed by atoms with Crippen LogP contribution in [0.3, 0.4) is 0 Å². The van der Waals surface area contributed by atoms with Gasteiger partial charge in [-0.3, -0.25) is 0 Å². The van der Waals surface area contributed by atoms with Crippen LogP contribution < -0.4 is 5.32 Å². The highest BCUT2D eigenvalue weighted by molar-refractivity contribution is 7.09. The number of rotatable bonds is 8. The molecule has 2 atom stereocenters. The summed E-state index contributed by atoms with van der Waals surface area (Å²) in [5.74, 6) is 0. The van der Waals surface area contributed by atoms with E-state index in [2.05, 4.69) is 22.5 Å². The molecule has 0 saturated carbocycles. The zero-order valence-electron chi connectivity index (χ0n) is 12.0. The number of nitrogens with one attached hydrogen (secondary N) is 1. The predicted molar refractivity (Wildman–Crippen MR) is 82.2 cm³/mol. The van der Waals surface area contributed by atoms with Crippen LogP contribution in [0.2, 0.25) is 0 Å². The average Bonchev–Trinajstić information content (AvgIpc) is 2.88. The minimum absolute atomic E-state index is 0.396. The van der Waals surface area contributed by atoms with Crippen molar-refractivity contribution in [2.75, 3.05) is 19.8 Å². The van der Waals surface area contributed by atoms with Crippen LogP contribution in [0.4, 0.5) is 0 Å². The van der Waals surface area contributed by atoms with Crippen molar-refractivity contribution in [1.29, 1.82) is 0 Å². The molecule has 0 aliphatic heterocycles. The van der Waals surface area contributed by atoms with E-state index in [9.17, 15) is 5.11 Å². The zero-order valence-corrected chi connectivity index (χ0v) is 12.9. The molecule has 1 heterocycles. The summed E-state index contributed by atoms with van der Waals surface area (Å²) in [6, 6.07) is 0.509. The summed E-state index contributed by atoms with van der Waals surface area (Å²) in [6.45, 7) is 3.67. The smallest absolute Gasteiger partial charge is 0.0897 e. The standard InChI is InChI=1S/C15H24N2O2S/c1-12-15(20-11-17-12)7-8-19-10-14(18)9-16-13-5-3-2-4-6-13/h2-3,11,13-14,16,18H,4-10H2,1H3. The van der Waals surface area contributed by atoms with Gasteiger partial charge in [-0.05, 0) is 26.2 Å². The molecular weight excluding hydrogens is 272 g/mol. The molecule has 5 heteroatoms. The van der Waals surface area contributed by atoms with E-state index >= 15 is 0 Å². The number of aliphatic hydroxyl groups is 1. The van der Waals surface area contributed by atoms with Crippen LogP contribution in [-0.2, 0) is 11.2 Å². The van der Waals surface area contributed by atoms with E-state index in [4.69, 9.17) is 4.74 Å². The third-order valence-corrected chi connectivity index (χ3v) is 4.53. The second kappa shape index (κ2) is 8.52. The lowest BCUT2D eigenvalue weighted by Crippen LogP contribution is -2.37. The van der Waals surface area contributed by atoms with E-state index in [-0.39, 0.29) is 0 Å². The van der Waals surface area contributed by atoms with Gasteiger partial charge in [-0.2, -0.15) is 0 Å². The fraction of sp³-hybridized carbons (Fsp3) is 0.667. The van der Waals surface area contributed by atoms with Gasteiger partial charge in [0.1, 0.15) is 0 Å². The first-order valence-electron chi connectivity index (χ1n) is 7.29. The fourth-order valence-corrected chi connectivity index (χ4v) is 3.05. The van der Waals surface area contributed by atoms with Crippen molar-refractivity contribution < 1.29 is 9.84 Å². The van der Waals surface area contributed by atoms with E-state index in [1.807, 2.05) is 12.4 Å². The van der Waals surface area contributed by atoms with Crippen molar-refractivity contribution in [2.45, 2.75) is 44.8 Å². The molecular formula is C15H24N2O2S. The molecule has 0 fully saturated rings. The van der Waals surface area contributed by atoms with Gasteiger partial charge in [0.25, 0.3) is 0 Å². The molecule has 1 aliphatic carbocycles. The molecule has 2 unspecified atom stereocenters. The van der Waals surface area contributed by atoms with Crippen molar-refractivity contribution in [3.63, 3.8) is 0 Å². The van der Waals surface area contributed by atoms with E-state index in [1.165, 1.54) is 4.88 Å². The Hall–Kier alpha value is -0.750. The highest BCUT2D eigenvalue weighted by Gasteiger charge is 2.11. The first kappa shape index (κ1) is 15.6. The van der Waals surface area contributed by atoms with Gasteiger partial charge in [0.2, 0.25) is 0 Å². The molecule has 2 N–H and O–H groups in total. The Kier molecular flexibility index (Phi) is 6.66. The molecule has 0 amide bonds. The lowest BCUT2D eigenvalue weighted by molar-refractivity contribution is 0.0369. The highest BCUT2D eigenvalue weighted by Crippen LogP contribution is 2.12. The van der Waals surface area contributed by atoms with Crippen LogP contribution >= 0.6 is 11.3 Å². The van der Waals surface area contributed by atoms with Crippen LogP contribution in [0.15, 0.2) is 17.7 Å². The topological polar surface area (TPSA) is 54.4 Å². The van der Waals surface area contributed by atoms with E-state index < -0.39 is 6.10 Å². The Balaban J connectivity index is 1.52. The van der Waals surface area contributed by atoms with Crippen molar-refractivity contribution in [3.05, 3.63) is 28.2 Å². The molecule has 0 bridgehead atoms. The molecule has 0 aromatic carbocycles. The normalized spacial score (nSPS) is 20.2. The molecule has 0 spiro atoms. The second-order valence-electron chi connectivity index (χ2n) is 5.23. The number of aliphatic hydroxyl groups excluding tert-OH is 1. The van der Waals surface area contributed by atoms with Gasteiger partial charge in [0.15, 0.2) is 0 Å². The zero-order chi connectivity index (χ0) is 14.2. The quantitative estimate of drug-likeness (QED) is 0.569. The largest absolute Gasteiger partial charge is 0.389 e. The molecule has 4 nitrogen and oxygen atoms in total. The Bertz CT molecular complexity index is 420. The van der Waals surface area contributed by atoms with Crippen LogP contribution in [0.1, 0.15) is 29.8 Å². The average molecular weight is 296 g/mol. The van der Waals surface area contributed by atoms with Crippen LogP contribution in [0.5, 0.6) is 0 Å². The second-order valence-corrected chi connectivity index (χ2v) is 6.17. The van der Waals surface area contributed by atoms with Crippen molar-refractivity contribution in [2.24, 2.45) is 0 Å². The number of thiazole rings is 1. The minimum atomic E-state index is -0.427. The lowest BCUT2D eigenvalue weighted by Gasteiger charge is -2.21. The number of hydrogen-bond acceptors (Lipinski definition) is 5. The van der Waals surface area contributed by atoms with Gasteiger partial charge in [-0.1, -0.05) is 12.2 Å². The lowest BCUT2D eigenvalue weighted by atomic mass is 10.0. The Labute approximate surface area is 124 Å². The Morgan fingerprint density at radius 1 is 1.55 bits per heavy atom. The maximum absolute atomic E-state index is 9.88. The van der Waals surface area contributed by atoms with Gasteiger partial charge in [-0.15, -0.1) is 11.3 Å². The number of allylic oxidation sites excluding steroid dienone is 1. The number of aromatic nitrogens is 1. The summed E-state index contributed by atoms with van der Waals surface area (Å²) in [4.78, 5) is 5.48. The summed E-state index contributed by atoms with van der Waals surface area (Å²) in [7, 11) is 0. The third-order valence-electron chi connectivity index (χ3n) is 3.54. The van der Waals surface area contributed by atoms with Gasteiger partial charge in [0, 0.05) is 23.9 Å². The molecule has 20 heavy (non-hydrogen) atoms. The van der Waals surface area contributed by atoms with Gasteiger partial charge < -0.3 is 15.2 Å². The molecule has 112 valence electrons. The number of aryl methyl sites for hydroxylation is 1. The van der Waals surface area contributed by atoms with E-state index in [1.54, 1.807) is 11.3 Å². The maximum Gasteiger partial charge on any atom is 0.0897 e. The molecule has 0 saturated heterocycles. The van der Waals surface area contributed by atoms with Crippen LogP contribution in [-0.4, -0.2) is 42.0 Å². The highest BCUT2D eigenvalue weighted by atomic mass is 32.1. The summed E-state index contributed by atoms with van der Waals surface area (Å²) in [5.41, 5.74) is 2.95. The number of hydrogen-bond donors (Lipinski definition) is 2. The molecule has 1 aromatic rings. The molecule has 2 rings (SSSR count). The predicted octanol–water partition coefficient (Wildman–Crippen LogP) is 2.07. The van der Waals surface area contributed by atoms with E-state index in [0.717, 1.165) is 31.4 Å². The van der Waals surface area contributed by atoms with Gasteiger partial charge in [-0.25, -0.2) is 4.98 Å². The fourth-order valence-electron chi connectivity index (χ4n) is 2.29. The van der Waals surface area contributed by atoms with Gasteiger partial charge >= 0.3 is 0 Å². The van der Waals surface area contributed by atoms with Gasteiger partial charge in [0.05, 0.1) is 30.5 Å². The summed E-state index contributed by atoms with van der Waals surface area (Å²) < 4.78 is 5.54. The Morgan fingerprint density at radius 2 is 2.45 bits per heavy atom.